The van der Waals surface area contributed by atoms with Gasteiger partial charge in [-0.3, -0.25) is 9.97 Å². The van der Waals surface area contributed by atoms with Gasteiger partial charge in [-0.25, -0.2) is 15.0 Å². The molecule has 0 N–H and O–H groups in total. The topological polar surface area (TPSA) is 64.5 Å². The van der Waals surface area contributed by atoms with Gasteiger partial charge in [-0.1, -0.05) is 121 Å². The van der Waals surface area contributed by atoms with Crippen molar-refractivity contribution in [2.75, 3.05) is 0 Å². The van der Waals surface area contributed by atoms with E-state index in [1.807, 2.05) is 36.7 Å². The van der Waals surface area contributed by atoms with Gasteiger partial charge in [-0.2, -0.15) is 0 Å². The van der Waals surface area contributed by atoms with Crippen molar-refractivity contribution in [3.8, 4) is 67.7 Å². The Kier molecular flexibility index (Phi) is 7.41. The molecule has 0 aliphatic rings. The van der Waals surface area contributed by atoms with Crippen molar-refractivity contribution in [2.24, 2.45) is 0 Å². The molecular weight excluding hydrogens is 611 g/mol. The molecular formula is C45H29N5. The van der Waals surface area contributed by atoms with Crippen LogP contribution in [0.1, 0.15) is 0 Å². The van der Waals surface area contributed by atoms with Gasteiger partial charge < -0.3 is 0 Å². The Hall–Kier alpha value is -6.85. The Morgan fingerprint density at radius 3 is 1.24 bits per heavy atom. The molecule has 0 amide bonds. The molecule has 6 aromatic carbocycles. The number of rotatable bonds is 6. The standard InChI is InChI=1S/C45H29N5/c1-3-8-36-26-38(21-15-30(36)6-1)32-11-17-34(18-12-32)43-48-44(50-45(49-43)41-23-24-42(47-29-41)40-10-5-25-46-28-40)35-19-13-33(14-20-35)39-22-16-31-7-2-4-9-37(31)27-39/h1-29H. The molecule has 0 atom stereocenters. The number of benzene rings is 6. The molecule has 0 saturated heterocycles. The Morgan fingerprint density at radius 1 is 0.300 bits per heavy atom. The molecule has 3 aromatic heterocycles. The first-order chi connectivity index (χ1) is 24.7. The van der Waals surface area contributed by atoms with Crippen molar-refractivity contribution in [3.05, 3.63) is 176 Å². The van der Waals surface area contributed by atoms with Crippen molar-refractivity contribution in [2.45, 2.75) is 0 Å². The Labute approximate surface area is 289 Å². The highest BCUT2D eigenvalue weighted by Crippen LogP contribution is 2.31. The summed E-state index contributed by atoms with van der Waals surface area (Å²) in [5, 5.41) is 4.89. The van der Waals surface area contributed by atoms with E-state index in [2.05, 4.69) is 138 Å². The van der Waals surface area contributed by atoms with E-state index in [1.54, 1.807) is 6.20 Å². The summed E-state index contributed by atoms with van der Waals surface area (Å²) in [5.74, 6) is 1.77. The summed E-state index contributed by atoms with van der Waals surface area (Å²) >= 11 is 0. The highest BCUT2D eigenvalue weighted by molar-refractivity contribution is 5.88. The van der Waals surface area contributed by atoms with Gasteiger partial charge in [0.05, 0.1) is 5.69 Å². The van der Waals surface area contributed by atoms with Crippen molar-refractivity contribution in [1.29, 1.82) is 0 Å². The van der Waals surface area contributed by atoms with Crippen molar-refractivity contribution < 1.29 is 0 Å². The van der Waals surface area contributed by atoms with E-state index in [1.165, 1.54) is 32.7 Å². The van der Waals surface area contributed by atoms with Gasteiger partial charge in [-0.05, 0) is 80.2 Å². The minimum absolute atomic E-state index is 0.562. The molecule has 9 aromatic rings. The number of fused-ring (bicyclic) bond motifs is 2. The lowest BCUT2D eigenvalue weighted by atomic mass is 10.00. The van der Waals surface area contributed by atoms with Crippen LogP contribution in [0.2, 0.25) is 0 Å². The SMILES string of the molecule is c1cncc(-c2ccc(-c3nc(-c4ccc(-c5ccc6ccccc6c5)cc4)nc(-c4ccc(-c5ccc6ccccc6c5)cc4)n3)cn2)c1. The summed E-state index contributed by atoms with van der Waals surface area (Å²) in [4.78, 5) is 23.9. The van der Waals surface area contributed by atoms with E-state index in [9.17, 15) is 0 Å². The molecule has 0 spiro atoms. The second kappa shape index (κ2) is 12.6. The van der Waals surface area contributed by atoms with Crippen LogP contribution in [0, 0.1) is 0 Å². The zero-order valence-electron chi connectivity index (χ0n) is 27.0. The maximum absolute atomic E-state index is 5.00. The van der Waals surface area contributed by atoms with Crippen LogP contribution in [-0.2, 0) is 0 Å². The predicted molar refractivity (Wildman–Crippen MR) is 203 cm³/mol. The molecule has 9 rings (SSSR count). The first-order valence-corrected chi connectivity index (χ1v) is 16.6. The number of hydrogen-bond donors (Lipinski definition) is 0. The third kappa shape index (κ3) is 5.78. The minimum Gasteiger partial charge on any atom is -0.264 e. The summed E-state index contributed by atoms with van der Waals surface area (Å²) in [5.41, 5.74) is 9.01. The molecule has 0 aliphatic heterocycles. The highest BCUT2D eigenvalue weighted by atomic mass is 15.0. The summed E-state index contributed by atoms with van der Waals surface area (Å²) in [7, 11) is 0. The van der Waals surface area contributed by atoms with E-state index in [-0.39, 0.29) is 0 Å². The van der Waals surface area contributed by atoms with Crippen molar-refractivity contribution >= 4 is 21.5 Å². The molecule has 234 valence electrons. The fraction of sp³-hybridized carbons (Fsp3) is 0. The van der Waals surface area contributed by atoms with Crippen LogP contribution in [0.4, 0.5) is 0 Å². The first-order valence-electron chi connectivity index (χ1n) is 16.6. The van der Waals surface area contributed by atoms with Crippen LogP contribution >= 0.6 is 0 Å². The van der Waals surface area contributed by atoms with Crippen LogP contribution in [-0.4, -0.2) is 24.9 Å². The van der Waals surface area contributed by atoms with Gasteiger partial charge in [0.25, 0.3) is 0 Å². The lowest BCUT2D eigenvalue weighted by Gasteiger charge is -2.10. The maximum atomic E-state index is 5.00. The van der Waals surface area contributed by atoms with Crippen molar-refractivity contribution in [3.63, 3.8) is 0 Å². The van der Waals surface area contributed by atoms with Crippen LogP contribution < -0.4 is 0 Å². The molecule has 0 radical (unpaired) electrons. The zero-order valence-corrected chi connectivity index (χ0v) is 27.0. The lowest BCUT2D eigenvalue weighted by Crippen LogP contribution is -2.00. The monoisotopic (exact) mass is 639 g/mol. The average Bonchev–Trinajstić information content (AvgIpc) is 3.21. The van der Waals surface area contributed by atoms with Crippen molar-refractivity contribution in [1.82, 2.24) is 24.9 Å². The second-order valence-corrected chi connectivity index (χ2v) is 12.3. The van der Waals surface area contributed by atoms with Crippen LogP contribution in [0.25, 0.3) is 89.2 Å². The van der Waals surface area contributed by atoms with E-state index >= 15 is 0 Å². The Morgan fingerprint density at radius 2 is 0.760 bits per heavy atom. The molecule has 0 aliphatic carbocycles. The molecule has 0 saturated carbocycles. The Balaban J connectivity index is 1.09. The quantitative estimate of drug-likeness (QED) is 0.181. The third-order valence-electron chi connectivity index (χ3n) is 9.07. The fourth-order valence-corrected chi connectivity index (χ4v) is 6.34. The van der Waals surface area contributed by atoms with Gasteiger partial charge in [0, 0.05) is 40.8 Å². The van der Waals surface area contributed by atoms with Crippen LogP contribution in [0.3, 0.4) is 0 Å². The molecule has 5 heteroatoms. The van der Waals surface area contributed by atoms with Gasteiger partial charge in [-0.15, -0.1) is 0 Å². The fourth-order valence-electron chi connectivity index (χ4n) is 6.34. The highest BCUT2D eigenvalue weighted by Gasteiger charge is 2.14. The van der Waals surface area contributed by atoms with E-state index in [0.717, 1.165) is 39.1 Å². The normalized spacial score (nSPS) is 11.2. The zero-order chi connectivity index (χ0) is 33.3. The number of aromatic nitrogens is 5. The molecule has 3 heterocycles. The average molecular weight is 640 g/mol. The van der Waals surface area contributed by atoms with Crippen LogP contribution in [0.15, 0.2) is 176 Å². The van der Waals surface area contributed by atoms with Gasteiger partial charge in [0.15, 0.2) is 17.5 Å². The van der Waals surface area contributed by atoms with Gasteiger partial charge >= 0.3 is 0 Å². The lowest BCUT2D eigenvalue weighted by molar-refractivity contribution is 1.07. The molecule has 50 heavy (non-hydrogen) atoms. The molecule has 0 bridgehead atoms. The largest absolute Gasteiger partial charge is 0.264 e. The van der Waals surface area contributed by atoms with Crippen LogP contribution in [0.5, 0.6) is 0 Å². The van der Waals surface area contributed by atoms with E-state index in [0.29, 0.717) is 17.5 Å². The van der Waals surface area contributed by atoms with E-state index < -0.39 is 0 Å². The number of hydrogen-bond acceptors (Lipinski definition) is 5. The molecule has 0 fully saturated rings. The summed E-state index contributed by atoms with van der Waals surface area (Å²) in [6.45, 7) is 0. The maximum Gasteiger partial charge on any atom is 0.165 e. The third-order valence-corrected chi connectivity index (χ3v) is 9.07. The number of pyridine rings is 2. The minimum atomic E-state index is 0.562. The van der Waals surface area contributed by atoms with Gasteiger partial charge in [0.1, 0.15) is 0 Å². The summed E-state index contributed by atoms with van der Waals surface area (Å²) in [6, 6.07) is 54.7. The Bertz CT molecular complexity index is 2470. The summed E-state index contributed by atoms with van der Waals surface area (Å²) in [6.07, 6.45) is 5.38. The smallest absolute Gasteiger partial charge is 0.165 e. The summed E-state index contributed by atoms with van der Waals surface area (Å²) < 4.78 is 0. The van der Waals surface area contributed by atoms with E-state index in [4.69, 9.17) is 19.9 Å². The molecule has 0 unspecified atom stereocenters. The predicted octanol–water partition coefficient (Wildman–Crippen LogP) is 11.0. The first kappa shape index (κ1) is 29.3. The molecule has 5 nitrogen and oxygen atoms in total. The second-order valence-electron chi connectivity index (χ2n) is 12.3. The number of nitrogens with zero attached hydrogens (tertiary/aromatic N) is 5. The van der Waals surface area contributed by atoms with Gasteiger partial charge in [0.2, 0.25) is 0 Å².